The summed E-state index contributed by atoms with van der Waals surface area (Å²) in [6.07, 6.45) is 0.370. The first-order valence-electron chi connectivity index (χ1n) is 8.07. The molecule has 0 saturated carbocycles. The van der Waals surface area contributed by atoms with Crippen LogP contribution in [0.25, 0.3) is 0 Å². The van der Waals surface area contributed by atoms with E-state index in [0.717, 1.165) is 17.7 Å². The Balaban J connectivity index is 1.61. The highest BCUT2D eigenvalue weighted by atomic mass is 32.2. The van der Waals surface area contributed by atoms with E-state index < -0.39 is 11.6 Å². The number of halogens is 2. The molecule has 0 bridgehead atoms. The van der Waals surface area contributed by atoms with Crippen LogP contribution in [0.2, 0.25) is 0 Å². The number of thioether (sulfide) groups is 1. The Morgan fingerprint density at radius 3 is 2.62 bits per heavy atom. The first kappa shape index (κ1) is 18.4. The van der Waals surface area contributed by atoms with Crippen LogP contribution in [0.1, 0.15) is 18.9 Å². The van der Waals surface area contributed by atoms with Crippen LogP contribution in [-0.2, 0) is 16.1 Å². The van der Waals surface area contributed by atoms with E-state index in [4.69, 9.17) is 4.74 Å². The van der Waals surface area contributed by atoms with Gasteiger partial charge in [-0.3, -0.25) is 9.59 Å². The van der Waals surface area contributed by atoms with E-state index in [1.54, 1.807) is 29.2 Å². The van der Waals surface area contributed by atoms with Crippen LogP contribution in [0, 0.1) is 11.6 Å². The van der Waals surface area contributed by atoms with Crippen molar-refractivity contribution in [1.82, 2.24) is 4.90 Å². The van der Waals surface area contributed by atoms with Crippen LogP contribution in [-0.4, -0.2) is 27.7 Å². The largest absolute Gasteiger partial charge is 0.454 e. The summed E-state index contributed by atoms with van der Waals surface area (Å²) < 4.78 is 31.9. The first-order chi connectivity index (χ1) is 12.4. The van der Waals surface area contributed by atoms with Crippen LogP contribution in [0.5, 0.6) is 11.5 Å². The molecule has 2 aromatic carbocycles. The second-order valence-electron chi connectivity index (χ2n) is 6.03. The number of hydrogen-bond acceptors (Lipinski definition) is 4. The summed E-state index contributed by atoms with van der Waals surface area (Å²) in [5.74, 6) is -1.06. The van der Waals surface area contributed by atoms with Gasteiger partial charge in [-0.15, -0.1) is 0 Å². The van der Waals surface area contributed by atoms with E-state index in [-0.39, 0.29) is 22.0 Å². The van der Waals surface area contributed by atoms with Crippen LogP contribution >= 0.6 is 11.8 Å². The SMILES string of the molecule is CC(=O)SC1CC(=O)N(Cc2ccc(Oc3ccc(F)cc3F)cc2)C1. The number of ether oxygens (including phenoxy) is 1. The van der Waals surface area contributed by atoms with Gasteiger partial charge >= 0.3 is 0 Å². The number of amides is 1. The zero-order chi connectivity index (χ0) is 18.7. The fourth-order valence-corrected chi connectivity index (χ4v) is 3.72. The van der Waals surface area contributed by atoms with Gasteiger partial charge in [0.2, 0.25) is 5.91 Å². The average Bonchev–Trinajstić information content (AvgIpc) is 2.90. The Morgan fingerprint density at radius 1 is 1.23 bits per heavy atom. The summed E-state index contributed by atoms with van der Waals surface area (Å²) in [7, 11) is 0. The van der Waals surface area contributed by atoms with Gasteiger partial charge in [0, 0.05) is 37.8 Å². The fraction of sp³-hybridized carbons (Fsp3) is 0.263. The second-order valence-corrected chi connectivity index (χ2v) is 7.51. The minimum atomic E-state index is -0.772. The molecular weight excluding hydrogens is 360 g/mol. The van der Waals surface area contributed by atoms with Gasteiger partial charge in [0.15, 0.2) is 16.7 Å². The molecule has 26 heavy (non-hydrogen) atoms. The molecule has 1 unspecified atom stereocenters. The minimum absolute atomic E-state index is 0.00376. The Bertz CT molecular complexity index is 826. The van der Waals surface area contributed by atoms with Gasteiger partial charge in [0.05, 0.1) is 0 Å². The molecule has 4 nitrogen and oxygen atoms in total. The summed E-state index contributed by atoms with van der Waals surface area (Å²) in [4.78, 5) is 24.9. The van der Waals surface area contributed by atoms with Gasteiger partial charge in [-0.05, 0) is 29.8 Å². The average molecular weight is 377 g/mol. The number of carbonyl (C=O) groups excluding carboxylic acids is 2. The first-order valence-corrected chi connectivity index (χ1v) is 8.95. The Morgan fingerprint density at radius 2 is 1.96 bits per heavy atom. The Hall–Kier alpha value is -2.41. The van der Waals surface area contributed by atoms with Crippen molar-refractivity contribution in [3.8, 4) is 11.5 Å². The lowest BCUT2D eigenvalue weighted by Gasteiger charge is -2.16. The molecule has 1 aliphatic heterocycles. The van der Waals surface area contributed by atoms with Crippen LogP contribution in [0.15, 0.2) is 42.5 Å². The maximum absolute atomic E-state index is 13.6. The molecule has 0 aromatic heterocycles. The van der Waals surface area contributed by atoms with Gasteiger partial charge in [-0.1, -0.05) is 23.9 Å². The Labute approximate surface area is 154 Å². The van der Waals surface area contributed by atoms with Crippen molar-refractivity contribution < 1.29 is 23.1 Å². The third-order valence-corrected chi connectivity index (χ3v) is 4.91. The van der Waals surface area contributed by atoms with Crippen molar-refractivity contribution in [2.24, 2.45) is 0 Å². The molecule has 0 N–H and O–H groups in total. The smallest absolute Gasteiger partial charge is 0.224 e. The van der Waals surface area contributed by atoms with E-state index in [1.807, 2.05) is 0 Å². The molecule has 7 heteroatoms. The summed E-state index contributed by atoms with van der Waals surface area (Å²) in [6.45, 7) is 2.49. The van der Waals surface area contributed by atoms with E-state index >= 15 is 0 Å². The predicted octanol–water partition coefficient (Wildman–Crippen LogP) is 4.14. The highest BCUT2D eigenvalue weighted by molar-refractivity contribution is 8.14. The van der Waals surface area contributed by atoms with Crippen molar-refractivity contribution in [3.05, 3.63) is 59.7 Å². The van der Waals surface area contributed by atoms with Gasteiger partial charge in [0.25, 0.3) is 0 Å². The number of benzene rings is 2. The maximum atomic E-state index is 13.6. The van der Waals surface area contributed by atoms with Crippen LogP contribution in [0.3, 0.4) is 0 Å². The van der Waals surface area contributed by atoms with Gasteiger partial charge in [-0.25, -0.2) is 8.78 Å². The van der Waals surface area contributed by atoms with E-state index in [1.165, 1.54) is 24.8 Å². The molecule has 1 heterocycles. The molecule has 1 atom stereocenters. The third kappa shape index (κ3) is 4.60. The molecule has 0 aliphatic carbocycles. The van der Waals surface area contributed by atoms with Crippen molar-refractivity contribution in [1.29, 1.82) is 0 Å². The topological polar surface area (TPSA) is 46.6 Å². The molecule has 0 radical (unpaired) electrons. The molecule has 1 fully saturated rings. The molecule has 1 amide bonds. The standard InChI is InChI=1S/C19H17F2NO3S/c1-12(23)26-16-9-19(24)22(11-16)10-13-2-5-15(6-3-13)25-18-7-4-14(20)8-17(18)21/h2-8,16H,9-11H2,1H3. The lowest BCUT2D eigenvalue weighted by atomic mass is 10.2. The molecule has 2 aromatic rings. The van der Waals surface area contributed by atoms with Crippen LogP contribution < -0.4 is 4.74 Å². The molecule has 0 spiro atoms. The normalized spacial score (nSPS) is 16.8. The zero-order valence-electron chi connectivity index (χ0n) is 14.1. The van der Waals surface area contributed by atoms with Crippen molar-refractivity contribution in [2.45, 2.75) is 25.1 Å². The predicted molar refractivity (Wildman–Crippen MR) is 95.0 cm³/mol. The van der Waals surface area contributed by atoms with Crippen molar-refractivity contribution in [3.63, 3.8) is 0 Å². The van der Waals surface area contributed by atoms with Crippen molar-refractivity contribution in [2.75, 3.05) is 6.54 Å². The second kappa shape index (κ2) is 7.86. The number of hydrogen-bond donors (Lipinski definition) is 0. The quantitative estimate of drug-likeness (QED) is 0.786. The molecular formula is C19H17F2NO3S. The zero-order valence-corrected chi connectivity index (χ0v) is 14.9. The monoisotopic (exact) mass is 377 g/mol. The lowest BCUT2D eigenvalue weighted by molar-refractivity contribution is -0.128. The third-order valence-electron chi connectivity index (χ3n) is 3.93. The van der Waals surface area contributed by atoms with Gasteiger partial charge in [0.1, 0.15) is 11.6 Å². The highest BCUT2D eigenvalue weighted by Gasteiger charge is 2.30. The van der Waals surface area contributed by atoms with E-state index in [0.29, 0.717) is 25.3 Å². The summed E-state index contributed by atoms with van der Waals surface area (Å²) in [6, 6.07) is 10.0. The number of likely N-dealkylation sites (tertiary alicyclic amines) is 1. The number of carbonyl (C=O) groups is 2. The van der Waals surface area contributed by atoms with E-state index in [9.17, 15) is 18.4 Å². The summed E-state index contributed by atoms with van der Waals surface area (Å²) >= 11 is 1.20. The maximum Gasteiger partial charge on any atom is 0.224 e. The van der Waals surface area contributed by atoms with Gasteiger partial charge in [-0.2, -0.15) is 0 Å². The Kier molecular flexibility index (Phi) is 5.56. The highest BCUT2D eigenvalue weighted by Crippen LogP contribution is 2.27. The van der Waals surface area contributed by atoms with Gasteiger partial charge < -0.3 is 9.64 Å². The van der Waals surface area contributed by atoms with E-state index in [2.05, 4.69) is 0 Å². The van der Waals surface area contributed by atoms with Crippen LogP contribution in [0.4, 0.5) is 8.78 Å². The summed E-state index contributed by atoms with van der Waals surface area (Å²) in [5.41, 5.74) is 0.902. The molecule has 1 saturated heterocycles. The molecule has 136 valence electrons. The number of rotatable bonds is 5. The summed E-state index contributed by atoms with van der Waals surface area (Å²) in [5, 5.41) is 0.0169. The number of nitrogens with zero attached hydrogens (tertiary/aromatic N) is 1. The van der Waals surface area contributed by atoms with Crippen molar-refractivity contribution >= 4 is 22.8 Å². The minimum Gasteiger partial charge on any atom is -0.454 e. The molecule has 1 aliphatic rings. The fourth-order valence-electron chi connectivity index (χ4n) is 2.77. The molecule has 3 rings (SSSR count). The lowest BCUT2D eigenvalue weighted by Crippen LogP contribution is -2.24.